The maximum atomic E-state index is 12.7. The monoisotopic (exact) mass is 574 g/mol. The summed E-state index contributed by atoms with van der Waals surface area (Å²) >= 11 is 0. The molecule has 0 bridgehead atoms. The average molecular weight is 575 g/mol. The molecule has 3 rings (SSSR count). The van der Waals surface area contributed by atoms with Crippen LogP contribution in [0.4, 0.5) is 4.79 Å². The fraction of sp³-hybridized carbons (Fsp3) is 0.556. The number of nitrogens with two attached hydrogens (primary N) is 1. The van der Waals surface area contributed by atoms with Crippen LogP contribution in [0.25, 0.3) is 0 Å². The van der Waals surface area contributed by atoms with Crippen molar-refractivity contribution in [2.45, 2.75) is 57.8 Å². The molecular weight excluding hydrogens is 536 g/mol. The van der Waals surface area contributed by atoms with Crippen molar-refractivity contribution >= 4 is 35.7 Å². The van der Waals surface area contributed by atoms with Gasteiger partial charge in [-0.1, -0.05) is 30.3 Å². The predicted molar refractivity (Wildman–Crippen MR) is 144 cm³/mol. The fourth-order valence-electron chi connectivity index (χ4n) is 4.51. The summed E-state index contributed by atoms with van der Waals surface area (Å²) in [6.45, 7) is 3.56. The Kier molecular flexibility index (Phi) is 11.7. The molecule has 0 aliphatic carbocycles. The van der Waals surface area contributed by atoms with Crippen molar-refractivity contribution in [2.24, 2.45) is 5.73 Å². The number of imide groups is 2. The lowest BCUT2D eigenvalue weighted by Crippen LogP contribution is -2.62. The van der Waals surface area contributed by atoms with E-state index in [-0.39, 0.29) is 44.9 Å². The summed E-state index contributed by atoms with van der Waals surface area (Å²) in [5, 5.41) is 4.88. The number of nitrogens with one attached hydrogen (secondary N) is 2. The first-order valence-electron chi connectivity index (χ1n) is 13.6. The quantitative estimate of drug-likeness (QED) is 0.154. The zero-order valence-corrected chi connectivity index (χ0v) is 23.4. The van der Waals surface area contributed by atoms with Crippen LogP contribution in [0.3, 0.4) is 0 Å². The van der Waals surface area contributed by atoms with Crippen molar-refractivity contribution in [3.63, 3.8) is 0 Å². The lowest BCUT2D eigenvalue weighted by Gasteiger charge is -2.41. The van der Waals surface area contributed by atoms with Crippen LogP contribution in [-0.2, 0) is 40.1 Å². The van der Waals surface area contributed by atoms with Gasteiger partial charge in [0.2, 0.25) is 23.6 Å². The molecule has 2 heterocycles. The number of hydrogen-bond donors (Lipinski definition) is 3. The van der Waals surface area contributed by atoms with E-state index < -0.39 is 48.5 Å². The van der Waals surface area contributed by atoms with Gasteiger partial charge in [-0.15, -0.1) is 0 Å². The highest BCUT2D eigenvalue weighted by molar-refractivity contribution is 6.00. The molecule has 224 valence electrons. The normalized spacial score (nSPS) is 18.9. The van der Waals surface area contributed by atoms with Crippen LogP contribution in [-0.4, -0.2) is 108 Å². The van der Waals surface area contributed by atoms with Gasteiger partial charge >= 0.3 is 12.1 Å². The second-order valence-electron chi connectivity index (χ2n) is 10.2. The van der Waals surface area contributed by atoms with Gasteiger partial charge in [-0.3, -0.25) is 39.1 Å². The Bertz CT molecular complexity index is 1080. The number of piperazine rings is 2. The molecule has 5 amide bonds. The smallest absolute Gasteiger partial charge is 0.407 e. The van der Waals surface area contributed by atoms with E-state index >= 15 is 0 Å². The summed E-state index contributed by atoms with van der Waals surface area (Å²) < 4.78 is 10.3. The topological polar surface area (TPSA) is 181 Å². The summed E-state index contributed by atoms with van der Waals surface area (Å²) in [5.41, 5.74) is 6.78. The Balaban J connectivity index is 1.32. The van der Waals surface area contributed by atoms with Gasteiger partial charge in [0, 0.05) is 18.6 Å². The number of esters is 1. The van der Waals surface area contributed by atoms with Crippen LogP contribution >= 0.6 is 0 Å². The number of amides is 5. The Labute approximate surface area is 238 Å². The molecule has 1 aromatic rings. The Morgan fingerprint density at radius 2 is 1.49 bits per heavy atom. The molecule has 14 heteroatoms. The second kappa shape index (κ2) is 15.2. The zero-order chi connectivity index (χ0) is 29.9. The van der Waals surface area contributed by atoms with E-state index in [4.69, 9.17) is 15.2 Å². The van der Waals surface area contributed by atoms with E-state index in [1.54, 1.807) is 9.80 Å². The average Bonchev–Trinajstić information content (AvgIpc) is 2.94. The first-order valence-corrected chi connectivity index (χ1v) is 13.6. The lowest BCUT2D eigenvalue weighted by atomic mass is 10.1. The third kappa shape index (κ3) is 9.62. The first kappa shape index (κ1) is 31.6. The number of ether oxygens (including phenoxy) is 2. The molecule has 2 unspecified atom stereocenters. The van der Waals surface area contributed by atoms with Crippen molar-refractivity contribution in [3.05, 3.63) is 35.9 Å². The van der Waals surface area contributed by atoms with Crippen molar-refractivity contribution in [3.8, 4) is 0 Å². The van der Waals surface area contributed by atoms with Gasteiger partial charge in [-0.25, -0.2) is 9.69 Å². The lowest BCUT2D eigenvalue weighted by molar-refractivity contribution is -0.165. The van der Waals surface area contributed by atoms with Crippen molar-refractivity contribution in [2.75, 3.05) is 39.5 Å². The van der Waals surface area contributed by atoms with E-state index in [2.05, 4.69) is 10.6 Å². The molecule has 14 nitrogen and oxygen atoms in total. The molecule has 2 fully saturated rings. The number of alkyl carbamates (subject to hydrolysis) is 1. The van der Waals surface area contributed by atoms with Gasteiger partial charge in [0.1, 0.15) is 12.6 Å². The Morgan fingerprint density at radius 1 is 0.902 bits per heavy atom. The number of rotatable bonds is 13. The fourth-order valence-corrected chi connectivity index (χ4v) is 4.51. The molecule has 1 aromatic carbocycles. The highest BCUT2D eigenvalue weighted by Crippen LogP contribution is 2.16. The molecule has 0 saturated carbocycles. The SMILES string of the molecule is CC(C(C)N1CC(=O)N(COC(=O)[C@@H](N)CCCCNC(=O)OCc2ccccc2)C(=O)C1)N1CC(=O)NC(=O)C1. The number of benzene rings is 1. The van der Waals surface area contributed by atoms with Crippen molar-refractivity contribution in [1.82, 2.24) is 25.3 Å². The van der Waals surface area contributed by atoms with Crippen LogP contribution in [0.5, 0.6) is 0 Å². The minimum atomic E-state index is -0.947. The summed E-state index contributed by atoms with van der Waals surface area (Å²) in [7, 11) is 0. The summed E-state index contributed by atoms with van der Waals surface area (Å²) in [6, 6.07) is 7.77. The van der Waals surface area contributed by atoms with Gasteiger partial charge in [0.15, 0.2) is 6.73 Å². The van der Waals surface area contributed by atoms with E-state index in [0.29, 0.717) is 25.8 Å². The molecule has 0 aromatic heterocycles. The van der Waals surface area contributed by atoms with Gasteiger partial charge < -0.3 is 20.5 Å². The minimum Gasteiger partial charge on any atom is -0.445 e. The van der Waals surface area contributed by atoms with E-state index in [9.17, 15) is 28.8 Å². The molecule has 2 saturated heterocycles. The van der Waals surface area contributed by atoms with Crippen LogP contribution < -0.4 is 16.4 Å². The van der Waals surface area contributed by atoms with Gasteiger partial charge in [0.05, 0.1) is 26.2 Å². The third-order valence-corrected chi connectivity index (χ3v) is 7.16. The third-order valence-electron chi connectivity index (χ3n) is 7.16. The highest BCUT2D eigenvalue weighted by Gasteiger charge is 2.38. The summed E-state index contributed by atoms with van der Waals surface area (Å²) in [6.07, 6.45) is 0.853. The molecule has 41 heavy (non-hydrogen) atoms. The molecule has 2 aliphatic heterocycles. The maximum Gasteiger partial charge on any atom is 0.407 e. The highest BCUT2D eigenvalue weighted by atomic mass is 16.6. The zero-order valence-electron chi connectivity index (χ0n) is 23.4. The van der Waals surface area contributed by atoms with Crippen LogP contribution in [0.2, 0.25) is 0 Å². The molecule has 0 radical (unpaired) electrons. The minimum absolute atomic E-state index is 0.0487. The van der Waals surface area contributed by atoms with Crippen molar-refractivity contribution in [1.29, 1.82) is 0 Å². The number of carbonyl (C=O) groups excluding carboxylic acids is 6. The van der Waals surface area contributed by atoms with E-state index in [1.807, 2.05) is 44.2 Å². The number of nitrogens with zero attached hydrogens (tertiary/aromatic N) is 3. The van der Waals surface area contributed by atoms with Gasteiger partial charge in [-0.2, -0.15) is 0 Å². The predicted octanol–water partition coefficient (Wildman–Crippen LogP) is -0.683. The molecule has 4 N–H and O–H groups in total. The van der Waals surface area contributed by atoms with Gasteiger partial charge in [0.25, 0.3) is 0 Å². The molecule has 2 aliphatic rings. The molecule has 3 atom stereocenters. The number of hydrogen-bond acceptors (Lipinski definition) is 11. The second-order valence-corrected chi connectivity index (χ2v) is 10.2. The molecular formula is C27H38N6O8. The number of unbranched alkanes of at least 4 members (excludes halogenated alkanes) is 1. The standard InChI is InChI=1S/C27H38N6O8/c1-18(31-12-22(34)30-23(35)13-31)19(2)32-14-24(36)33(25(37)15-32)17-41-26(38)21(28)10-6-7-11-29-27(39)40-16-20-8-4-3-5-9-20/h3-5,8-9,18-19,21H,6-7,10-17,28H2,1-2H3,(H,29,39)(H,30,34,35)/t18?,19?,21-/m0/s1. The Hall–Kier alpha value is -3.88. The van der Waals surface area contributed by atoms with Gasteiger partial charge in [-0.05, 0) is 38.7 Å². The van der Waals surface area contributed by atoms with Crippen LogP contribution in [0.15, 0.2) is 30.3 Å². The largest absolute Gasteiger partial charge is 0.445 e. The maximum absolute atomic E-state index is 12.7. The molecule has 0 spiro atoms. The Morgan fingerprint density at radius 3 is 2.10 bits per heavy atom. The van der Waals surface area contributed by atoms with Crippen molar-refractivity contribution < 1.29 is 38.2 Å². The van der Waals surface area contributed by atoms with Crippen LogP contribution in [0, 0.1) is 0 Å². The summed E-state index contributed by atoms with van der Waals surface area (Å²) in [5.74, 6) is -2.58. The number of carbonyl (C=O) groups is 6. The van der Waals surface area contributed by atoms with E-state index in [0.717, 1.165) is 10.5 Å². The first-order chi connectivity index (χ1) is 19.5. The summed E-state index contributed by atoms with van der Waals surface area (Å²) in [4.78, 5) is 77.2. The van der Waals surface area contributed by atoms with Crippen LogP contribution in [0.1, 0.15) is 38.7 Å². The van der Waals surface area contributed by atoms with E-state index in [1.165, 1.54) is 0 Å².